The molecule has 0 saturated carbocycles. The summed E-state index contributed by atoms with van der Waals surface area (Å²) in [4.78, 5) is 11.7. The first-order valence-corrected chi connectivity index (χ1v) is 6.06. The number of anilines is 1. The molecule has 0 fully saturated rings. The molecule has 0 aliphatic rings. The molecule has 1 aromatic carbocycles. The van der Waals surface area contributed by atoms with Crippen molar-refractivity contribution in [2.75, 3.05) is 25.5 Å². The van der Waals surface area contributed by atoms with Crippen molar-refractivity contribution in [3.8, 4) is 0 Å². The van der Waals surface area contributed by atoms with E-state index in [1.165, 1.54) is 12.1 Å². The van der Waals surface area contributed by atoms with E-state index in [-0.39, 0.29) is 11.6 Å². The molecule has 0 aliphatic heterocycles. The molecule has 0 atom stereocenters. The highest BCUT2D eigenvalue weighted by atomic mass is 19.1. The van der Waals surface area contributed by atoms with Gasteiger partial charge in [-0.2, -0.15) is 0 Å². The third kappa shape index (κ3) is 4.71. The summed E-state index contributed by atoms with van der Waals surface area (Å²) in [6.45, 7) is 3.91. The van der Waals surface area contributed by atoms with Crippen LogP contribution in [-0.4, -0.2) is 25.7 Å². The largest absolute Gasteiger partial charge is 0.398 e. The molecule has 18 heavy (non-hydrogen) atoms. The summed E-state index contributed by atoms with van der Waals surface area (Å²) in [7, 11) is 0. The second-order valence-corrected chi connectivity index (χ2v) is 3.95. The Labute approximate surface area is 106 Å². The maximum absolute atomic E-state index is 12.8. The predicted octanol–water partition coefficient (Wildman–Crippen LogP) is 1.95. The zero-order chi connectivity index (χ0) is 13.4. The van der Waals surface area contributed by atoms with E-state index in [0.29, 0.717) is 18.7 Å². The third-order valence-corrected chi connectivity index (χ3v) is 2.36. The first-order valence-electron chi connectivity index (χ1n) is 6.06. The van der Waals surface area contributed by atoms with Crippen LogP contribution in [0.2, 0.25) is 0 Å². The molecule has 0 saturated heterocycles. The van der Waals surface area contributed by atoms with Crippen molar-refractivity contribution in [2.45, 2.75) is 19.8 Å². The van der Waals surface area contributed by atoms with Gasteiger partial charge in [-0.25, -0.2) is 4.39 Å². The second kappa shape index (κ2) is 7.66. The molecule has 0 heterocycles. The lowest BCUT2D eigenvalue weighted by atomic mass is 10.1. The standard InChI is InChI=1S/C13H19FN2O2/c1-2-7-18-8-3-6-16-13(17)11-5-4-10(14)9-12(11)15/h4-5,9H,2-3,6-8,15H2,1H3,(H,16,17). The van der Waals surface area contributed by atoms with Crippen LogP contribution in [0.15, 0.2) is 18.2 Å². The SMILES string of the molecule is CCCOCCCNC(=O)c1ccc(F)cc1N. The molecule has 0 aromatic heterocycles. The number of hydrogen-bond acceptors (Lipinski definition) is 3. The van der Waals surface area contributed by atoms with Gasteiger partial charge in [0.2, 0.25) is 0 Å². The Kier molecular flexibility index (Phi) is 6.14. The van der Waals surface area contributed by atoms with Crippen LogP contribution in [0.25, 0.3) is 0 Å². The summed E-state index contributed by atoms with van der Waals surface area (Å²) in [6.07, 6.45) is 1.73. The van der Waals surface area contributed by atoms with E-state index >= 15 is 0 Å². The van der Waals surface area contributed by atoms with Gasteiger partial charge in [0.15, 0.2) is 0 Å². The molecule has 3 N–H and O–H groups in total. The number of nitrogens with one attached hydrogen (secondary N) is 1. The molecule has 1 aromatic rings. The number of rotatable bonds is 7. The zero-order valence-electron chi connectivity index (χ0n) is 10.5. The van der Waals surface area contributed by atoms with Crippen LogP contribution in [-0.2, 0) is 4.74 Å². The molecule has 5 heteroatoms. The number of nitrogens with two attached hydrogens (primary N) is 1. The normalized spacial score (nSPS) is 10.3. The number of carbonyl (C=O) groups excluding carboxylic acids is 1. The fraction of sp³-hybridized carbons (Fsp3) is 0.462. The Morgan fingerprint density at radius 2 is 2.22 bits per heavy atom. The Morgan fingerprint density at radius 3 is 2.89 bits per heavy atom. The minimum Gasteiger partial charge on any atom is -0.398 e. The fourth-order valence-electron chi connectivity index (χ4n) is 1.46. The molecule has 1 amide bonds. The third-order valence-electron chi connectivity index (χ3n) is 2.36. The van der Waals surface area contributed by atoms with Crippen LogP contribution in [0.3, 0.4) is 0 Å². The van der Waals surface area contributed by atoms with Crippen molar-refractivity contribution in [1.29, 1.82) is 0 Å². The van der Waals surface area contributed by atoms with Crippen LogP contribution >= 0.6 is 0 Å². The summed E-state index contributed by atoms with van der Waals surface area (Å²) in [5, 5.41) is 2.71. The molecular formula is C13H19FN2O2. The van der Waals surface area contributed by atoms with Crippen LogP contribution in [0.4, 0.5) is 10.1 Å². The molecule has 0 spiro atoms. The maximum Gasteiger partial charge on any atom is 0.253 e. The van der Waals surface area contributed by atoms with Crippen molar-refractivity contribution in [1.82, 2.24) is 5.32 Å². The lowest BCUT2D eigenvalue weighted by Crippen LogP contribution is -2.26. The lowest BCUT2D eigenvalue weighted by molar-refractivity contribution is 0.0942. The van der Waals surface area contributed by atoms with E-state index < -0.39 is 5.82 Å². The van der Waals surface area contributed by atoms with Gasteiger partial charge in [-0.05, 0) is 31.0 Å². The number of halogens is 1. The van der Waals surface area contributed by atoms with Crippen LogP contribution < -0.4 is 11.1 Å². The highest BCUT2D eigenvalue weighted by molar-refractivity contribution is 5.99. The van der Waals surface area contributed by atoms with E-state index in [1.54, 1.807) is 0 Å². The van der Waals surface area contributed by atoms with Crippen molar-refractivity contribution in [3.63, 3.8) is 0 Å². The predicted molar refractivity (Wildman–Crippen MR) is 68.9 cm³/mol. The summed E-state index contributed by atoms with van der Waals surface area (Å²) in [6, 6.07) is 3.74. The number of carbonyl (C=O) groups is 1. The number of nitrogen functional groups attached to an aromatic ring is 1. The average molecular weight is 254 g/mol. The first kappa shape index (κ1) is 14.4. The number of hydrogen-bond donors (Lipinski definition) is 2. The van der Waals surface area contributed by atoms with Crippen LogP contribution in [0.5, 0.6) is 0 Å². The van der Waals surface area contributed by atoms with Gasteiger partial charge >= 0.3 is 0 Å². The maximum atomic E-state index is 12.8. The van der Waals surface area contributed by atoms with Gasteiger partial charge in [0.25, 0.3) is 5.91 Å². The molecule has 4 nitrogen and oxygen atoms in total. The van der Waals surface area contributed by atoms with Gasteiger partial charge in [-0.15, -0.1) is 0 Å². The van der Waals surface area contributed by atoms with Crippen molar-refractivity contribution in [2.24, 2.45) is 0 Å². The molecule has 0 aliphatic carbocycles. The van der Waals surface area contributed by atoms with Gasteiger partial charge in [-0.1, -0.05) is 6.92 Å². The quantitative estimate of drug-likeness (QED) is 0.577. The smallest absolute Gasteiger partial charge is 0.253 e. The van der Waals surface area contributed by atoms with Gasteiger partial charge in [-0.3, -0.25) is 4.79 Å². The molecule has 0 radical (unpaired) electrons. The summed E-state index contributed by atoms with van der Waals surface area (Å²) in [5.41, 5.74) is 6.01. The molecular weight excluding hydrogens is 235 g/mol. The van der Waals surface area contributed by atoms with E-state index in [1.807, 2.05) is 6.92 Å². The molecule has 0 bridgehead atoms. The Morgan fingerprint density at radius 1 is 1.44 bits per heavy atom. The van der Waals surface area contributed by atoms with E-state index in [0.717, 1.165) is 25.5 Å². The van der Waals surface area contributed by atoms with Gasteiger partial charge in [0.1, 0.15) is 5.82 Å². The lowest BCUT2D eigenvalue weighted by Gasteiger charge is -2.07. The minimum absolute atomic E-state index is 0.148. The van der Waals surface area contributed by atoms with Gasteiger partial charge in [0.05, 0.1) is 5.56 Å². The highest BCUT2D eigenvalue weighted by Gasteiger charge is 2.09. The van der Waals surface area contributed by atoms with E-state index in [4.69, 9.17) is 10.5 Å². The Balaban J connectivity index is 2.32. The number of ether oxygens (including phenoxy) is 1. The van der Waals surface area contributed by atoms with Gasteiger partial charge in [0, 0.05) is 25.4 Å². The second-order valence-electron chi connectivity index (χ2n) is 3.95. The molecule has 1 rings (SSSR count). The monoisotopic (exact) mass is 254 g/mol. The van der Waals surface area contributed by atoms with Crippen molar-refractivity contribution >= 4 is 11.6 Å². The zero-order valence-corrected chi connectivity index (χ0v) is 10.5. The highest BCUT2D eigenvalue weighted by Crippen LogP contribution is 2.12. The topological polar surface area (TPSA) is 64.3 Å². The fourth-order valence-corrected chi connectivity index (χ4v) is 1.46. The van der Waals surface area contributed by atoms with Crippen molar-refractivity contribution < 1.29 is 13.9 Å². The molecule has 0 unspecified atom stereocenters. The summed E-state index contributed by atoms with van der Waals surface area (Å²) in [5.74, 6) is -0.736. The summed E-state index contributed by atoms with van der Waals surface area (Å²) >= 11 is 0. The van der Waals surface area contributed by atoms with E-state index in [9.17, 15) is 9.18 Å². The number of amides is 1. The molecule has 100 valence electrons. The van der Waals surface area contributed by atoms with Crippen LogP contribution in [0.1, 0.15) is 30.1 Å². The van der Waals surface area contributed by atoms with Gasteiger partial charge < -0.3 is 15.8 Å². The number of benzene rings is 1. The summed E-state index contributed by atoms with van der Waals surface area (Å²) < 4.78 is 18.1. The van der Waals surface area contributed by atoms with Crippen LogP contribution in [0, 0.1) is 5.82 Å². The van der Waals surface area contributed by atoms with Crippen molar-refractivity contribution in [3.05, 3.63) is 29.6 Å². The average Bonchev–Trinajstić information content (AvgIpc) is 2.33. The minimum atomic E-state index is -0.447. The Bertz CT molecular complexity index is 397. The first-order chi connectivity index (χ1) is 8.65. The van der Waals surface area contributed by atoms with E-state index in [2.05, 4.69) is 5.32 Å². The Hall–Kier alpha value is -1.62.